The average Bonchev–Trinajstić information content (AvgIpc) is 2.87. The van der Waals surface area contributed by atoms with Gasteiger partial charge in [-0.05, 0) is 55.6 Å². The van der Waals surface area contributed by atoms with Crippen LogP contribution in [0.5, 0.6) is 0 Å². The fraction of sp³-hybridized carbons (Fsp3) is 0.500. The zero-order chi connectivity index (χ0) is 12.8. The van der Waals surface area contributed by atoms with Crippen LogP contribution in [0.1, 0.15) is 24.0 Å². The minimum absolute atomic E-state index is 0.341. The first-order valence-electron chi connectivity index (χ1n) is 6.26. The van der Waals surface area contributed by atoms with Crippen LogP contribution in [0.2, 0.25) is 0 Å². The molecule has 1 N–H and O–H groups in total. The first-order chi connectivity index (χ1) is 8.78. The molecule has 0 aromatic heterocycles. The third-order valence-electron chi connectivity index (χ3n) is 3.19. The molecule has 0 amide bonds. The Kier molecular flexibility index (Phi) is 4.68. The van der Waals surface area contributed by atoms with E-state index in [1.807, 2.05) is 6.07 Å². The fourth-order valence-electron chi connectivity index (χ4n) is 2.20. The van der Waals surface area contributed by atoms with E-state index in [2.05, 4.69) is 5.32 Å². The summed E-state index contributed by atoms with van der Waals surface area (Å²) in [4.78, 5) is 0. The fourth-order valence-corrected chi connectivity index (χ4v) is 2.20. The summed E-state index contributed by atoms with van der Waals surface area (Å²) in [5, 5.41) is 12.0. The third kappa shape index (κ3) is 3.80. The minimum atomic E-state index is -0.382. The number of hydrogen-bond acceptors (Lipinski definition) is 3. The molecule has 2 rings (SSSR count). The third-order valence-corrected chi connectivity index (χ3v) is 3.19. The van der Waals surface area contributed by atoms with E-state index >= 15 is 0 Å². The molecule has 96 valence electrons. The van der Waals surface area contributed by atoms with Crippen LogP contribution < -0.4 is 5.32 Å². The van der Waals surface area contributed by atoms with Gasteiger partial charge in [0.2, 0.25) is 0 Å². The van der Waals surface area contributed by atoms with Crippen LogP contribution in [0, 0.1) is 23.1 Å². The van der Waals surface area contributed by atoms with E-state index < -0.39 is 0 Å². The van der Waals surface area contributed by atoms with E-state index in [9.17, 15) is 4.39 Å². The molecule has 0 bridgehead atoms. The Morgan fingerprint density at radius 2 is 2.33 bits per heavy atom. The number of rotatable bonds is 5. The summed E-state index contributed by atoms with van der Waals surface area (Å²) < 4.78 is 18.7. The van der Waals surface area contributed by atoms with Gasteiger partial charge in [-0.3, -0.25) is 0 Å². The van der Waals surface area contributed by atoms with E-state index in [1.54, 1.807) is 6.07 Å². The minimum Gasteiger partial charge on any atom is -0.377 e. The Balaban J connectivity index is 1.75. The van der Waals surface area contributed by atoms with Gasteiger partial charge in [0, 0.05) is 6.61 Å². The molecule has 3 nitrogen and oxygen atoms in total. The summed E-state index contributed by atoms with van der Waals surface area (Å²) in [5.74, 6) is 0.319. The van der Waals surface area contributed by atoms with Gasteiger partial charge >= 0.3 is 0 Å². The number of halogens is 1. The second-order valence-corrected chi connectivity index (χ2v) is 4.66. The zero-order valence-corrected chi connectivity index (χ0v) is 10.3. The second kappa shape index (κ2) is 6.48. The van der Waals surface area contributed by atoms with Gasteiger partial charge in [0.05, 0.1) is 18.2 Å². The second-order valence-electron chi connectivity index (χ2n) is 4.66. The van der Waals surface area contributed by atoms with Crippen LogP contribution in [0.15, 0.2) is 18.2 Å². The molecule has 0 saturated carbocycles. The molecule has 1 fully saturated rings. The van der Waals surface area contributed by atoms with Crippen molar-refractivity contribution in [2.24, 2.45) is 5.92 Å². The molecule has 1 aromatic rings. The predicted octanol–water partition coefficient (Wildman–Crippen LogP) is 2.21. The SMILES string of the molecule is N#Cc1cc(F)cc(COCCC2CCNC2)c1. The van der Waals surface area contributed by atoms with Gasteiger partial charge in [-0.15, -0.1) is 0 Å². The zero-order valence-electron chi connectivity index (χ0n) is 10.3. The molecule has 0 spiro atoms. The number of nitriles is 1. The molecule has 1 aliphatic heterocycles. The van der Waals surface area contributed by atoms with E-state index in [1.165, 1.54) is 18.6 Å². The van der Waals surface area contributed by atoms with Gasteiger partial charge in [-0.2, -0.15) is 5.26 Å². The molecule has 1 aromatic carbocycles. The van der Waals surface area contributed by atoms with Crippen molar-refractivity contribution in [1.29, 1.82) is 5.26 Å². The lowest BCUT2D eigenvalue weighted by atomic mass is 10.1. The van der Waals surface area contributed by atoms with Crippen LogP contribution in [0.25, 0.3) is 0 Å². The van der Waals surface area contributed by atoms with Crippen molar-refractivity contribution >= 4 is 0 Å². The van der Waals surface area contributed by atoms with E-state index in [0.29, 0.717) is 24.7 Å². The van der Waals surface area contributed by atoms with Crippen LogP contribution in [0.4, 0.5) is 4.39 Å². The summed E-state index contributed by atoms with van der Waals surface area (Å²) in [6, 6.07) is 6.25. The highest BCUT2D eigenvalue weighted by atomic mass is 19.1. The number of hydrogen-bond donors (Lipinski definition) is 1. The molecule has 1 unspecified atom stereocenters. The van der Waals surface area contributed by atoms with Crippen LogP contribution >= 0.6 is 0 Å². The van der Waals surface area contributed by atoms with Crippen LogP contribution in [-0.2, 0) is 11.3 Å². The molecule has 4 heteroatoms. The molecular formula is C14H17FN2O. The van der Waals surface area contributed by atoms with Gasteiger partial charge in [0.25, 0.3) is 0 Å². The molecule has 18 heavy (non-hydrogen) atoms. The van der Waals surface area contributed by atoms with Crippen molar-refractivity contribution in [3.05, 3.63) is 35.1 Å². The Hall–Kier alpha value is -1.44. The number of nitrogens with zero attached hydrogens (tertiary/aromatic N) is 1. The summed E-state index contributed by atoms with van der Waals surface area (Å²) >= 11 is 0. The molecule has 1 saturated heterocycles. The van der Waals surface area contributed by atoms with Crippen molar-refractivity contribution in [3.8, 4) is 6.07 Å². The lowest BCUT2D eigenvalue weighted by molar-refractivity contribution is 0.109. The van der Waals surface area contributed by atoms with Crippen molar-refractivity contribution in [1.82, 2.24) is 5.32 Å². The maximum atomic E-state index is 13.2. The monoisotopic (exact) mass is 248 g/mol. The van der Waals surface area contributed by atoms with Gasteiger partial charge in [0.1, 0.15) is 5.82 Å². The van der Waals surface area contributed by atoms with Crippen LogP contribution in [0.3, 0.4) is 0 Å². The van der Waals surface area contributed by atoms with E-state index in [4.69, 9.17) is 10.00 Å². The predicted molar refractivity (Wildman–Crippen MR) is 66.4 cm³/mol. The average molecular weight is 248 g/mol. The van der Waals surface area contributed by atoms with Crippen molar-refractivity contribution in [2.75, 3.05) is 19.7 Å². The molecular weight excluding hydrogens is 231 g/mol. The molecule has 0 radical (unpaired) electrons. The van der Waals surface area contributed by atoms with Crippen LogP contribution in [-0.4, -0.2) is 19.7 Å². The van der Waals surface area contributed by atoms with Gasteiger partial charge in [0.15, 0.2) is 0 Å². The topological polar surface area (TPSA) is 45.0 Å². The van der Waals surface area contributed by atoms with Gasteiger partial charge in [-0.25, -0.2) is 4.39 Å². The maximum absolute atomic E-state index is 13.2. The Morgan fingerprint density at radius 1 is 1.44 bits per heavy atom. The first kappa shape index (κ1) is 13.0. The molecule has 0 aliphatic carbocycles. The summed E-state index contributed by atoms with van der Waals surface area (Å²) in [5.41, 5.74) is 1.06. The Bertz CT molecular complexity index is 436. The maximum Gasteiger partial charge on any atom is 0.124 e. The highest BCUT2D eigenvalue weighted by molar-refractivity contribution is 5.33. The normalized spacial score (nSPS) is 18.8. The number of ether oxygens (including phenoxy) is 1. The standard InChI is InChI=1S/C14H17FN2O/c15-14-6-12(8-16)5-13(7-14)10-18-4-2-11-1-3-17-9-11/h5-7,11,17H,1-4,9-10H2. The molecule has 1 aliphatic rings. The smallest absolute Gasteiger partial charge is 0.124 e. The number of nitrogens with one attached hydrogen (secondary N) is 1. The van der Waals surface area contributed by atoms with Gasteiger partial charge in [-0.1, -0.05) is 0 Å². The molecule has 1 heterocycles. The van der Waals surface area contributed by atoms with Gasteiger partial charge < -0.3 is 10.1 Å². The quantitative estimate of drug-likeness (QED) is 0.813. The van der Waals surface area contributed by atoms with E-state index in [-0.39, 0.29) is 5.82 Å². The lowest BCUT2D eigenvalue weighted by Gasteiger charge is -2.09. The summed E-state index contributed by atoms with van der Waals surface area (Å²) in [7, 11) is 0. The number of benzene rings is 1. The van der Waals surface area contributed by atoms with E-state index in [0.717, 1.165) is 25.1 Å². The Morgan fingerprint density at radius 3 is 3.06 bits per heavy atom. The highest BCUT2D eigenvalue weighted by Crippen LogP contribution is 2.13. The lowest BCUT2D eigenvalue weighted by Crippen LogP contribution is -2.10. The Labute approximate surface area is 107 Å². The van der Waals surface area contributed by atoms with Crippen molar-refractivity contribution in [2.45, 2.75) is 19.4 Å². The summed E-state index contributed by atoms with van der Waals surface area (Å²) in [6.07, 6.45) is 2.25. The summed E-state index contributed by atoms with van der Waals surface area (Å²) in [6.45, 7) is 3.22. The molecule has 1 atom stereocenters. The first-order valence-corrected chi connectivity index (χ1v) is 6.26. The van der Waals surface area contributed by atoms with Crippen molar-refractivity contribution in [3.63, 3.8) is 0 Å². The highest BCUT2D eigenvalue weighted by Gasteiger charge is 2.13. The van der Waals surface area contributed by atoms with Crippen molar-refractivity contribution < 1.29 is 9.13 Å². The largest absolute Gasteiger partial charge is 0.377 e.